The summed E-state index contributed by atoms with van der Waals surface area (Å²) in [5, 5.41) is 0. The predicted octanol–water partition coefficient (Wildman–Crippen LogP) is 9.19. The summed E-state index contributed by atoms with van der Waals surface area (Å²) in [7, 11) is 0. The fourth-order valence-corrected chi connectivity index (χ4v) is 5.34. The maximum absolute atomic E-state index is 6.59. The molecule has 2 atom stereocenters. The van der Waals surface area contributed by atoms with Gasteiger partial charge in [-0.1, -0.05) is 110 Å². The molecule has 1 aliphatic carbocycles. The SMILES string of the molecule is CC(C)(C)CC(c1ccc(OC(OCCc2ccccc2)C2(C)CCCCC2)cc1)C(C)(C)C. The summed E-state index contributed by atoms with van der Waals surface area (Å²) in [5.41, 5.74) is 3.29. The van der Waals surface area contributed by atoms with E-state index in [0.717, 1.165) is 12.2 Å². The van der Waals surface area contributed by atoms with Gasteiger partial charge < -0.3 is 9.47 Å². The van der Waals surface area contributed by atoms with Gasteiger partial charge in [0.1, 0.15) is 5.75 Å². The van der Waals surface area contributed by atoms with Crippen molar-refractivity contribution < 1.29 is 9.47 Å². The Hall–Kier alpha value is -1.80. The third-order valence-corrected chi connectivity index (χ3v) is 7.46. The third kappa shape index (κ3) is 7.87. The number of hydrogen-bond donors (Lipinski definition) is 0. The van der Waals surface area contributed by atoms with Gasteiger partial charge in [-0.15, -0.1) is 0 Å². The minimum Gasteiger partial charge on any atom is -0.464 e. The Morgan fingerprint density at radius 1 is 0.824 bits per heavy atom. The van der Waals surface area contributed by atoms with E-state index < -0.39 is 0 Å². The number of hydrogen-bond acceptors (Lipinski definition) is 2. The van der Waals surface area contributed by atoms with E-state index in [9.17, 15) is 0 Å². The van der Waals surface area contributed by atoms with Crippen molar-refractivity contribution >= 4 is 0 Å². The predicted molar refractivity (Wildman–Crippen MR) is 144 cm³/mol. The zero-order chi connectivity index (χ0) is 24.8. The molecule has 1 fully saturated rings. The van der Waals surface area contributed by atoms with Gasteiger partial charge in [-0.05, 0) is 65.7 Å². The molecule has 1 saturated carbocycles. The second-order valence-electron chi connectivity index (χ2n) is 13.0. The monoisotopic (exact) mass is 464 g/mol. The van der Waals surface area contributed by atoms with Crippen molar-refractivity contribution in [1.82, 2.24) is 0 Å². The van der Waals surface area contributed by atoms with Crippen molar-refractivity contribution in [1.29, 1.82) is 0 Å². The Kier molecular flexibility index (Phi) is 8.90. The van der Waals surface area contributed by atoms with E-state index in [0.29, 0.717) is 17.9 Å². The van der Waals surface area contributed by atoms with Crippen molar-refractivity contribution in [2.75, 3.05) is 6.61 Å². The Morgan fingerprint density at radius 2 is 1.44 bits per heavy atom. The molecule has 1 aliphatic rings. The molecule has 0 aliphatic heterocycles. The van der Waals surface area contributed by atoms with Crippen LogP contribution in [0.4, 0.5) is 0 Å². The van der Waals surface area contributed by atoms with Crippen LogP contribution in [-0.4, -0.2) is 12.9 Å². The molecule has 2 heteroatoms. The lowest BCUT2D eigenvalue weighted by atomic mass is 9.69. The van der Waals surface area contributed by atoms with Crippen LogP contribution in [0.3, 0.4) is 0 Å². The van der Waals surface area contributed by atoms with Crippen molar-refractivity contribution in [3.8, 4) is 5.75 Å². The standard InChI is InChI=1S/C32H48O2/c1-30(2,3)24-28(31(4,5)6)26-16-18-27(19-17-26)34-29(32(7)21-12-9-13-22-32)33-23-20-25-14-10-8-11-15-25/h8,10-11,14-19,28-29H,9,12-13,20-24H2,1-7H3. The fourth-order valence-electron chi connectivity index (χ4n) is 5.34. The summed E-state index contributed by atoms with van der Waals surface area (Å²) < 4.78 is 13.1. The first-order valence-electron chi connectivity index (χ1n) is 13.4. The Labute approximate surface area is 209 Å². The van der Waals surface area contributed by atoms with Crippen molar-refractivity contribution in [3.63, 3.8) is 0 Å². The highest BCUT2D eigenvalue weighted by atomic mass is 16.7. The van der Waals surface area contributed by atoms with Crippen LogP contribution in [0.5, 0.6) is 5.75 Å². The minimum absolute atomic E-state index is 0.0633. The molecular weight excluding hydrogens is 416 g/mol. The zero-order valence-electron chi connectivity index (χ0n) is 22.8. The van der Waals surface area contributed by atoms with Gasteiger partial charge in [-0.2, -0.15) is 0 Å². The molecule has 0 spiro atoms. The van der Waals surface area contributed by atoms with Gasteiger partial charge in [0.05, 0.1) is 6.61 Å². The highest BCUT2D eigenvalue weighted by molar-refractivity contribution is 5.31. The molecule has 0 radical (unpaired) electrons. The van der Waals surface area contributed by atoms with Crippen LogP contribution in [0.25, 0.3) is 0 Å². The molecule has 3 rings (SSSR count). The molecule has 2 nitrogen and oxygen atoms in total. The van der Waals surface area contributed by atoms with E-state index in [1.165, 1.54) is 49.7 Å². The molecular formula is C32H48O2. The second-order valence-corrected chi connectivity index (χ2v) is 13.0. The maximum atomic E-state index is 6.59. The van der Waals surface area contributed by atoms with Crippen LogP contribution in [0.2, 0.25) is 0 Å². The van der Waals surface area contributed by atoms with Gasteiger partial charge >= 0.3 is 0 Å². The van der Waals surface area contributed by atoms with Crippen LogP contribution in [0, 0.1) is 16.2 Å². The first kappa shape index (κ1) is 26.8. The Morgan fingerprint density at radius 3 is 2.00 bits per heavy atom. The first-order chi connectivity index (χ1) is 16.0. The van der Waals surface area contributed by atoms with Crippen LogP contribution < -0.4 is 4.74 Å². The molecule has 0 heterocycles. The number of rotatable bonds is 9. The lowest BCUT2D eigenvalue weighted by molar-refractivity contribution is -0.162. The lowest BCUT2D eigenvalue weighted by Crippen LogP contribution is -2.41. The van der Waals surface area contributed by atoms with Gasteiger partial charge in [0.15, 0.2) is 0 Å². The number of benzene rings is 2. The molecule has 2 unspecified atom stereocenters. The molecule has 0 bridgehead atoms. The maximum Gasteiger partial charge on any atom is 0.205 e. The topological polar surface area (TPSA) is 18.5 Å². The van der Waals surface area contributed by atoms with Gasteiger partial charge in [-0.3, -0.25) is 0 Å². The van der Waals surface area contributed by atoms with Gasteiger partial charge in [0, 0.05) is 5.41 Å². The van der Waals surface area contributed by atoms with Crippen LogP contribution >= 0.6 is 0 Å². The molecule has 2 aromatic carbocycles. The molecule has 2 aromatic rings. The normalized spacial score (nSPS) is 18.3. The average molecular weight is 465 g/mol. The van der Waals surface area contributed by atoms with E-state index in [-0.39, 0.29) is 17.1 Å². The van der Waals surface area contributed by atoms with E-state index in [1.807, 2.05) is 0 Å². The van der Waals surface area contributed by atoms with E-state index in [2.05, 4.69) is 103 Å². The fraction of sp³-hybridized carbons (Fsp3) is 0.625. The average Bonchev–Trinajstić information content (AvgIpc) is 2.77. The third-order valence-electron chi connectivity index (χ3n) is 7.46. The molecule has 0 aromatic heterocycles. The van der Waals surface area contributed by atoms with Crippen LogP contribution in [0.1, 0.15) is 104 Å². The Bertz CT molecular complexity index is 849. The summed E-state index contributed by atoms with van der Waals surface area (Å²) in [4.78, 5) is 0. The smallest absolute Gasteiger partial charge is 0.205 e. The summed E-state index contributed by atoms with van der Waals surface area (Å²) in [6, 6.07) is 19.5. The first-order valence-corrected chi connectivity index (χ1v) is 13.4. The van der Waals surface area contributed by atoms with Crippen LogP contribution in [0.15, 0.2) is 54.6 Å². The molecule has 0 amide bonds. The van der Waals surface area contributed by atoms with E-state index in [1.54, 1.807) is 0 Å². The summed E-state index contributed by atoms with van der Waals surface area (Å²) in [5.74, 6) is 1.43. The van der Waals surface area contributed by atoms with Gasteiger partial charge in [0.2, 0.25) is 6.29 Å². The Balaban J connectivity index is 1.73. The zero-order valence-corrected chi connectivity index (χ0v) is 22.8. The van der Waals surface area contributed by atoms with E-state index in [4.69, 9.17) is 9.47 Å². The summed E-state index contributed by atoms with van der Waals surface area (Å²) in [6.45, 7) is 17.1. The molecule has 34 heavy (non-hydrogen) atoms. The second kappa shape index (κ2) is 11.3. The number of ether oxygens (including phenoxy) is 2. The molecule has 188 valence electrons. The van der Waals surface area contributed by atoms with Crippen molar-refractivity contribution in [2.24, 2.45) is 16.2 Å². The molecule has 0 saturated heterocycles. The van der Waals surface area contributed by atoms with E-state index >= 15 is 0 Å². The summed E-state index contributed by atoms with van der Waals surface area (Å²) >= 11 is 0. The van der Waals surface area contributed by atoms with Gasteiger partial charge in [0.25, 0.3) is 0 Å². The lowest BCUT2D eigenvalue weighted by Gasteiger charge is -2.40. The quantitative estimate of drug-likeness (QED) is 0.344. The molecule has 0 N–H and O–H groups in total. The summed E-state index contributed by atoms with van der Waals surface area (Å²) in [6.07, 6.45) is 8.04. The largest absolute Gasteiger partial charge is 0.464 e. The minimum atomic E-state index is -0.213. The van der Waals surface area contributed by atoms with Crippen LogP contribution in [-0.2, 0) is 11.2 Å². The van der Waals surface area contributed by atoms with Gasteiger partial charge in [-0.25, -0.2) is 0 Å². The van der Waals surface area contributed by atoms with Crippen molar-refractivity contribution in [3.05, 3.63) is 65.7 Å². The highest BCUT2D eigenvalue weighted by Gasteiger charge is 2.38. The van der Waals surface area contributed by atoms with Crippen molar-refractivity contribution in [2.45, 2.75) is 106 Å². The highest BCUT2D eigenvalue weighted by Crippen LogP contribution is 2.44.